The predicted octanol–water partition coefficient (Wildman–Crippen LogP) is 3.12. The Morgan fingerprint density at radius 1 is 0.909 bits per heavy atom. The van der Waals surface area contributed by atoms with E-state index in [-0.39, 0.29) is 18.9 Å². The maximum Gasteiger partial charge on any atom is 0 e. The second-order valence-electron chi connectivity index (χ2n) is 2.10. The molecular weight excluding hydrogens is 127 g/mol. The van der Waals surface area contributed by atoms with E-state index in [4.69, 9.17) is 0 Å². The monoisotopic (exact) mass is 143 g/mol. The van der Waals surface area contributed by atoms with E-state index < -0.39 is 0 Å². The fraction of sp³-hybridized carbons (Fsp3) is 0.200. The van der Waals surface area contributed by atoms with Crippen LogP contribution in [0.1, 0.15) is 13.8 Å². The van der Waals surface area contributed by atoms with Gasteiger partial charge in [-0.3, -0.25) is 0 Å². The predicted molar refractivity (Wildman–Crippen MR) is 55.8 cm³/mol. The van der Waals surface area contributed by atoms with Crippen LogP contribution >= 0.6 is 0 Å². The zero-order valence-corrected chi connectivity index (χ0v) is 7.98. The van der Waals surface area contributed by atoms with Crippen LogP contribution in [0, 0.1) is 0 Å². The minimum atomic E-state index is 0. The van der Waals surface area contributed by atoms with Crippen molar-refractivity contribution < 1.29 is 0 Å². The first-order valence-corrected chi connectivity index (χ1v) is 3.10. The summed E-state index contributed by atoms with van der Waals surface area (Å²) >= 11 is 0. The summed E-state index contributed by atoms with van der Waals surface area (Å²) in [4.78, 5) is 0. The Balaban J connectivity index is -0.000000107. The molecule has 0 unspecified atom stereocenters. The number of allylic oxidation sites excluding steroid dienone is 4. The van der Waals surface area contributed by atoms with Crippen molar-refractivity contribution in [3.63, 3.8) is 0 Å². The minimum Gasteiger partial charge on any atom is -0.0988 e. The molecule has 0 fully saturated rings. The van der Waals surface area contributed by atoms with Crippen LogP contribution in [-0.2, 0) is 0 Å². The van der Waals surface area contributed by atoms with Gasteiger partial charge in [-0.25, -0.2) is 0 Å². The third kappa shape index (κ3) is 43.1. The molecule has 0 bridgehead atoms. The first-order chi connectivity index (χ1) is 4.54. The molecule has 0 rings (SSSR count). The normalized spacial score (nSPS) is 6.00. The molecule has 0 aliphatic carbocycles. The van der Waals surface area contributed by atoms with Gasteiger partial charge in [-0.05, 0) is 13.8 Å². The first-order valence-electron chi connectivity index (χ1n) is 3.10. The zero-order valence-electron chi connectivity index (χ0n) is 7.98. The van der Waals surface area contributed by atoms with Gasteiger partial charge in [0.2, 0.25) is 0 Å². The van der Waals surface area contributed by atoms with E-state index in [1.807, 2.05) is 13.8 Å². The summed E-state index contributed by atoms with van der Waals surface area (Å²) in [5.74, 6) is 0. The summed E-state index contributed by atoms with van der Waals surface area (Å²) in [6.45, 7) is 17.9. The minimum absolute atomic E-state index is 0. The van der Waals surface area contributed by atoms with Crippen molar-refractivity contribution in [1.29, 1.82) is 0 Å². The third-order valence-corrected chi connectivity index (χ3v) is 0.697. The molecule has 1 heteroatoms. The summed E-state index contributed by atoms with van der Waals surface area (Å²) in [5.41, 5.74) is 2.04. The van der Waals surface area contributed by atoms with Gasteiger partial charge in [-0.2, -0.15) is 0 Å². The Hall–Kier alpha value is -0.443. The summed E-state index contributed by atoms with van der Waals surface area (Å²) in [6.07, 6.45) is 3.44. The molecule has 0 aromatic rings. The standard InChI is InChI=1S/2C5H8.Li/c2*1-4-5(2)3;/h2*4H,1-2H2,3H3;. The molecule has 0 N–H and O–H groups in total. The number of rotatable bonds is 2. The van der Waals surface area contributed by atoms with Crippen LogP contribution in [0.4, 0.5) is 0 Å². The van der Waals surface area contributed by atoms with Crippen LogP contribution in [0.15, 0.2) is 49.6 Å². The Labute approximate surface area is 82.6 Å². The topological polar surface area (TPSA) is 0 Å². The zero-order chi connectivity index (χ0) is 8.57. The summed E-state index contributed by atoms with van der Waals surface area (Å²) in [7, 11) is 0. The molecule has 0 saturated heterocycles. The van der Waals surface area contributed by atoms with Crippen molar-refractivity contribution in [3.8, 4) is 0 Å². The summed E-state index contributed by atoms with van der Waals surface area (Å²) in [5, 5.41) is 0. The van der Waals surface area contributed by atoms with Gasteiger partial charge in [0.15, 0.2) is 0 Å². The van der Waals surface area contributed by atoms with Crippen molar-refractivity contribution in [3.05, 3.63) is 49.6 Å². The van der Waals surface area contributed by atoms with E-state index in [9.17, 15) is 0 Å². The van der Waals surface area contributed by atoms with Gasteiger partial charge in [0.05, 0.1) is 0 Å². The quantitative estimate of drug-likeness (QED) is 0.411. The second kappa shape index (κ2) is 12.3. The SMILES string of the molecule is C=CC(=C)C.C=CC(=C)C.[Li]. The van der Waals surface area contributed by atoms with Crippen molar-refractivity contribution in [2.24, 2.45) is 0 Å². The Morgan fingerprint density at radius 3 is 1.00 bits per heavy atom. The molecule has 1 radical (unpaired) electrons. The van der Waals surface area contributed by atoms with E-state index >= 15 is 0 Å². The van der Waals surface area contributed by atoms with Crippen molar-refractivity contribution in [1.82, 2.24) is 0 Å². The average Bonchev–Trinajstić information content (AvgIpc) is 1.89. The molecule has 0 saturated carbocycles. The van der Waals surface area contributed by atoms with Crippen LogP contribution in [0.25, 0.3) is 0 Å². The van der Waals surface area contributed by atoms with Gasteiger partial charge >= 0.3 is 0 Å². The molecule has 0 aliphatic rings. The molecule has 0 heterocycles. The second-order valence-corrected chi connectivity index (χ2v) is 2.10. The van der Waals surface area contributed by atoms with Crippen molar-refractivity contribution in [2.75, 3.05) is 0 Å². The summed E-state index contributed by atoms with van der Waals surface area (Å²) < 4.78 is 0. The van der Waals surface area contributed by atoms with Crippen LogP contribution in [0.5, 0.6) is 0 Å². The molecule has 0 atom stereocenters. The molecule has 57 valence electrons. The fourth-order valence-electron chi connectivity index (χ4n) is 0. The largest absolute Gasteiger partial charge is 0.0988 e. The van der Waals surface area contributed by atoms with Crippen LogP contribution in [0.2, 0.25) is 0 Å². The van der Waals surface area contributed by atoms with Crippen molar-refractivity contribution in [2.45, 2.75) is 13.8 Å². The molecular formula is C10H16Li. The van der Waals surface area contributed by atoms with Gasteiger partial charge in [0.1, 0.15) is 0 Å². The van der Waals surface area contributed by atoms with Crippen molar-refractivity contribution >= 4 is 18.9 Å². The van der Waals surface area contributed by atoms with E-state index in [2.05, 4.69) is 26.3 Å². The van der Waals surface area contributed by atoms with Gasteiger partial charge in [-0.15, -0.1) is 0 Å². The first kappa shape index (κ1) is 16.9. The maximum absolute atomic E-state index is 3.56. The van der Waals surface area contributed by atoms with Crippen LogP contribution < -0.4 is 0 Å². The van der Waals surface area contributed by atoms with Gasteiger partial charge < -0.3 is 0 Å². The molecule has 11 heavy (non-hydrogen) atoms. The van der Waals surface area contributed by atoms with E-state index in [1.54, 1.807) is 12.2 Å². The average molecular weight is 143 g/mol. The maximum atomic E-state index is 3.56. The van der Waals surface area contributed by atoms with Gasteiger partial charge in [-0.1, -0.05) is 49.6 Å². The smallest absolute Gasteiger partial charge is 0 e. The van der Waals surface area contributed by atoms with Gasteiger partial charge in [0, 0.05) is 18.9 Å². The Kier molecular flexibility index (Phi) is 18.8. The van der Waals surface area contributed by atoms with Gasteiger partial charge in [0.25, 0.3) is 0 Å². The molecule has 0 aliphatic heterocycles. The molecule has 0 aromatic carbocycles. The number of hydrogen-bond donors (Lipinski definition) is 0. The third-order valence-electron chi connectivity index (χ3n) is 0.697. The number of hydrogen-bond acceptors (Lipinski definition) is 0. The Morgan fingerprint density at radius 2 is 1.00 bits per heavy atom. The Bertz CT molecular complexity index is 125. The van der Waals surface area contributed by atoms with E-state index in [0.29, 0.717) is 0 Å². The van der Waals surface area contributed by atoms with E-state index in [1.165, 1.54) is 0 Å². The summed E-state index contributed by atoms with van der Waals surface area (Å²) in [6, 6.07) is 0. The fourth-order valence-corrected chi connectivity index (χ4v) is 0. The molecule has 0 spiro atoms. The molecule has 0 nitrogen and oxygen atoms in total. The van der Waals surface area contributed by atoms with E-state index in [0.717, 1.165) is 11.1 Å². The van der Waals surface area contributed by atoms with Crippen LogP contribution in [-0.4, -0.2) is 18.9 Å². The molecule has 0 aromatic heterocycles. The molecule has 0 amide bonds. The van der Waals surface area contributed by atoms with Crippen LogP contribution in [0.3, 0.4) is 0 Å².